The summed E-state index contributed by atoms with van der Waals surface area (Å²) in [5.74, 6) is 1.69. The van der Waals surface area contributed by atoms with Crippen LogP contribution in [0.5, 0.6) is 0 Å². The summed E-state index contributed by atoms with van der Waals surface area (Å²) < 4.78 is 6.64. The van der Waals surface area contributed by atoms with Crippen LogP contribution in [-0.2, 0) is 0 Å². The number of nitrogens with one attached hydrogen (secondary N) is 1. The number of nitrogens with zero attached hydrogens (tertiary/aromatic N) is 4. The zero-order valence-electron chi connectivity index (χ0n) is 9.33. The second kappa shape index (κ2) is 3.28. The number of aromatic amines is 1. The molecule has 1 aliphatic carbocycles. The molecule has 1 saturated carbocycles. The molecule has 0 saturated heterocycles. The summed E-state index contributed by atoms with van der Waals surface area (Å²) in [5.41, 5.74) is 1.03. The zero-order chi connectivity index (χ0) is 12.1. The first kappa shape index (κ1) is 9.58. The van der Waals surface area contributed by atoms with Crippen LogP contribution in [0.1, 0.15) is 24.6 Å². The van der Waals surface area contributed by atoms with E-state index >= 15 is 0 Å². The van der Waals surface area contributed by atoms with Gasteiger partial charge >= 0.3 is 5.69 Å². The van der Waals surface area contributed by atoms with Crippen molar-refractivity contribution in [2.24, 2.45) is 0 Å². The van der Waals surface area contributed by atoms with Crippen molar-refractivity contribution in [2.45, 2.75) is 18.8 Å². The molecule has 1 N–H and O–H groups in total. The molecule has 7 nitrogen and oxygen atoms in total. The van der Waals surface area contributed by atoms with Gasteiger partial charge in [-0.3, -0.25) is 4.40 Å². The molecule has 0 amide bonds. The molecule has 0 spiro atoms. The van der Waals surface area contributed by atoms with Gasteiger partial charge < -0.3 is 4.52 Å². The Labute approximate surface area is 100 Å². The molecule has 0 radical (unpaired) electrons. The minimum atomic E-state index is -0.263. The lowest BCUT2D eigenvalue weighted by Crippen LogP contribution is -2.08. The molecule has 0 aromatic carbocycles. The molecular weight excluding hydrogens is 234 g/mol. The summed E-state index contributed by atoms with van der Waals surface area (Å²) in [6.45, 7) is 0. The number of rotatable bonds is 2. The van der Waals surface area contributed by atoms with Crippen LogP contribution in [0.15, 0.2) is 27.6 Å². The maximum absolute atomic E-state index is 11.3. The molecule has 1 fully saturated rings. The third-order valence-corrected chi connectivity index (χ3v) is 3.05. The van der Waals surface area contributed by atoms with E-state index < -0.39 is 0 Å². The number of aromatic nitrogens is 5. The standard InChI is InChI=1S/C11H9N5O2/c17-11-14-13-8-5-7(3-4-16(8)11)10-12-9(15-18-10)6-1-2-6/h3-6H,1-2H2,(H,14,17). The lowest BCUT2D eigenvalue weighted by atomic mass is 10.2. The van der Waals surface area contributed by atoms with Crippen molar-refractivity contribution in [3.8, 4) is 11.5 Å². The van der Waals surface area contributed by atoms with Crippen LogP contribution in [0.4, 0.5) is 0 Å². The summed E-state index contributed by atoms with van der Waals surface area (Å²) in [6, 6.07) is 3.50. The van der Waals surface area contributed by atoms with Crippen molar-refractivity contribution >= 4 is 5.65 Å². The van der Waals surface area contributed by atoms with Crippen LogP contribution in [0, 0.1) is 0 Å². The van der Waals surface area contributed by atoms with Gasteiger partial charge in [0.05, 0.1) is 0 Å². The molecule has 1 aliphatic rings. The highest BCUT2D eigenvalue weighted by molar-refractivity contribution is 5.59. The maximum atomic E-state index is 11.3. The molecule has 0 aliphatic heterocycles. The fourth-order valence-corrected chi connectivity index (χ4v) is 1.90. The first-order valence-electron chi connectivity index (χ1n) is 5.72. The Morgan fingerprint density at radius 3 is 3.17 bits per heavy atom. The Morgan fingerprint density at radius 2 is 2.33 bits per heavy atom. The Kier molecular flexibility index (Phi) is 1.75. The lowest BCUT2D eigenvalue weighted by molar-refractivity contribution is 0.422. The summed E-state index contributed by atoms with van der Waals surface area (Å²) in [7, 11) is 0. The van der Waals surface area contributed by atoms with Crippen LogP contribution in [0.3, 0.4) is 0 Å². The topological polar surface area (TPSA) is 89.1 Å². The molecule has 3 aromatic heterocycles. The normalized spacial score (nSPS) is 15.3. The second-order valence-corrected chi connectivity index (χ2v) is 4.40. The van der Waals surface area contributed by atoms with E-state index in [4.69, 9.17) is 4.52 Å². The minimum Gasteiger partial charge on any atom is -0.334 e. The van der Waals surface area contributed by atoms with Gasteiger partial charge in [-0.25, -0.2) is 9.89 Å². The van der Waals surface area contributed by atoms with Gasteiger partial charge in [-0.15, -0.1) is 0 Å². The van der Waals surface area contributed by atoms with E-state index in [-0.39, 0.29) is 5.69 Å². The molecule has 3 heterocycles. The number of pyridine rings is 1. The number of hydrogen-bond acceptors (Lipinski definition) is 5. The fourth-order valence-electron chi connectivity index (χ4n) is 1.90. The highest BCUT2D eigenvalue weighted by Crippen LogP contribution is 2.38. The van der Waals surface area contributed by atoms with Crippen LogP contribution >= 0.6 is 0 Å². The van der Waals surface area contributed by atoms with Crippen LogP contribution < -0.4 is 5.69 Å². The lowest BCUT2D eigenvalue weighted by Gasteiger charge is -1.94. The average molecular weight is 243 g/mol. The van der Waals surface area contributed by atoms with E-state index in [0.29, 0.717) is 17.5 Å². The van der Waals surface area contributed by atoms with Crippen molar-refractivity contribution in [2.75, 3.05) is 0 Å². The van der Waals surface area contributed by atoms with Crippen LogP contribution in [0.25, 0.3) is 17.1 Å². The molecule has 0 unspecified atom stereocenters. The third kappa shape index (κ3) is 1.37. The molecule has 18 heavy (non-hydrogen) atoms. The second-order valence-electron chi connectivity index (χ2n) is 4.40. The monoisotopic (exact) mass is 243 g/mol. The van der Waals surface area contributed by atoms with Crippen molar-refractivity contribution in [1.29, 1.82) is 0 Å². The molecule has 0 bridgehead atoms. The molecular formula is C11H9N5O2. The first-order valence-corrected chi connectivity index (χ1v) is 5.72. The molecule has 7 heteroatoms. The van der Waals surface area contributed by atoms with Crippen LogP contribution in [-0.4, -0.2) is 24.7 Å². The van der Waals surface area contributed by atoms with Gasteiger partial charge in [-0.05, 0) is 25.0 Å². The Hall–Kier alpha value is -2.44. The van der Waals surface area contributed by atoms with Gasteiger partial charge in [0.25, 0.3) is 5.89 Å². The quantitative estimate of drug-likeness (QED) is 0.723. The minimum absolute atomic E-state index is 0.263. The Balaban J connectivity index is 1.82. The van der Waals surface area contributed by atoms with E-state index in [1.807, 2.05) is 0 Å². The van der Waals surface area contributed by atoms with E-state index in [1.165, 1.54) is 4.40 Å². The SMILES string of the molecule is O=c1[nH]nc2cc(-c3nc(C4CC4)no3)ccn12. The predicted octanol–water partition coefficient (Wildman–Crippen LogP) is 0.950. The summed E-state index contributed by atoms with van der Waals surface area (Å²) in [6.07, 6.45) is 3.90. The van der Waals surface area contributed by atoms with E-state index in [0.717, 1.165) is 24.2 Å². The Bertz CT molecular complexity index is 780. The summed E-state index contributed by atoms with van der Waals surface area (Å²) in [5, 5.41) is 10.2. The van der Waals surface area contributed by atoms with Crippen LogP contribution in [0.2, 0.25) is 0 Å². The Morgan fingerprint density at radius 1 is 1.44 bits per heavy atom. The van der Waals surface area contributed by atoms with Gasteiger partial charge in [-0.2, -0.15) is 10.1 Å². The van der Waals surface area contributed by atoms with Gasteiger partial charge in [-0.1, -0.05) is 5.16 Å². The van der Waals surface area contributed by atoms with Gasteiger partial charge in [0.2, 0.25) is 0 Å². The number of hydrogen-bond donors (Lipinski definition) is 1. The van der Waals surface area contributed by atoms with E-state index in [1.54, 1.807) is 18.3 Å². The van der Waals surface area contributed by atoms with Crippen molar-refractivity contribution in [1.82, 2.24) is 24.7 Å². The largest absolute Gasteiger partial charge is 0.347 e. The highest BCUT2D eigenvalue weighted by atomic mass is 16.5. The average Bonchev–Trinajstić information content (AvgIpc) is 3.01. The molecule has 0 atom stereocenters. The maximum Gasteiger partial charge on any atom is 0.347 e. The molecule has 3 aromatic rings. The highest BCUT2D eigenvalue weighted by Gasteiger charge is 2.29. The molecule has 90 valence electrons. The molecule has 4 rings (SSSR count). The van der Waals surface area contributed by atoms with Gasteiger partial charge in [0.1, 0.15) is 0 Å². The fraction of sp³-hybridized carbons (Fsp3) is 0.273. The summed E-state index contributed by atoms with van der Waals surface area (Å²) >= 11 is 0. The number of H-pyrrole nitrogens is 1. The third-order valence-electron chi connectivity index (χ3n) is 3.05. The van der Waals surface area contributed by atoms with Crippen molar-refractivity contribution < 1.29 is 4.52 Å². The zero-order valence-corrected chi connectivity index (χ0v) is 9.33. The predicted molar refractivity (Wildman–Crippen MR) is 61.1 cm³/mol. The van der Waals surface area contributed by atoms with Crippen molar-refractivity contribution in [3.63, 3.8) is 0 Å². The number of fused-ring (bicyclic) bond motifs is 1. The summed E-state index contributed by atoms with van der Waals surface area (Å²) in [4.78, 5) is 15.7. The van der Waals surface area contributed by atoms with E-state index in [2.05, 4.69) is 20.3 Å². The van der Waals surface area contributed by atoms with Gasteiger partial charge in [0.15, 0.2) is 11.5 Å². The first-order chi connectivity index (χ1) is 8.81. The smallest absolute Gasteiger partial charge is 0.334 e. The van der Waals surface area contributed by atoms with Crippen molar-refractivity contribution in [3.05, 3.63) is 34.6 Å². The van der Waals surface area contributed by atoms with E-state index in [9.17, 15) is 4.79 Å². The van der Waals surface area contributed by atoms with Gasteiger partial charge in [0, 0.05) is 17.7 Å².